The van der Waals surface area contributed by atoms with E-state index in [4.69, 9.17) is 0 Å². The molecule has 0 amide bonds. The average Bonchev–Trinajstić information content (AvgIpc) is 3.16. The highest BCUT2D eigenvalue weighted by molar-refractivity contribution is 5.56. The minimum Gasteiger partial charge on any atom is -0.288 e. The summed E-state index contributed by atoms with van der Waals surface area (Å²) in [5, 5.41) is 8.67. The van der Waals surface area contributed by atoms with Crippen LogP contribution in [0.1, 0.15) is 30.7 Å². The summed E-state index contributed by atoms with van der Waals surface area (Å²) in [5.41, 5.74) is 4.24. The average molecular weight is 400 g/mol. The number of rotatable bonds is 6. The first-order chi connectivity index (χ1) is 14.5. The van der Waals surface area contributed by atoms with Gasteiger partial charge in [-0.05, 0) is 29.5 Å². The van der Waals surface area contributed by atoms with Crippen LogP contribution in [0.2, 0.25) is 0 Å². The fourth-order valence-corrected chi connectivity index (χ4v) is 3.33. The summed E-state index contributed by atoms with van der Waals surface area (Å²) in [6, 6.07) is 9.47. The fraction of sp³-hybridized carbons (Fsp3) is 0.261. The van der Waals surface area contributed by atoms with Crippen LogP contribution in [0.5, 0.6) is 0 Å². The van der Waals surface area contributed by atoms with Crippen molar-refractivity contribution in [2.24, 2.45) is 13.0 Å². The number of hydrogen-bond donors (Lipinski definition) is 0. The summed E-state index contributed by atoms with van der Waals surface area (Å²) in [5.74, 6) is 1.25. The molecule has 0 aliphatic heterocycles. The van der Waals surface area contributed by atoms with Crippen molar-refractivity contribution in [2.75, 3.05) is 0 Å². The molecule has 7 heteroatoms. The molecule has 0 saturated heterocycles. The van der Waals surface area contributed by atoms with E-state index in [1.807, 2.05) is 49.9 Å². The Labute approximate surface area is 175 Å². The molecule has 1 aromatic carbocycles. The van der Waals surface area contributed by atoms with E-state index < -0.39 is 0 Å². The molecule has 0 spiro atoms. The van der Waals surface area contributed by atoms with E-state index in [0.717, 1.165) is 28.8 Å². The van der Waals surface area contributed by atoms with Gasteiger partial charge >= 0.3 is 0 Å². The van der Waals surface area contributed by atoms with Gasteiger partial charge in [-0.3, -0.25) is 9.48 Å². The van der Waals surface area contributed by atoms with Gasteiger partial charge in [0.25, 0.3) is 0 Å². The van der Waals surface area contributed by atoms with Crippen molar-refractivity contribution < 1.29 is 0 Å². The molecule has 152 valence electrons. The highest BCUT2D eigenvalue weighted by atomic mass is 16.1. The standard InChI is InChI=1S/C23H24N6O/c1-16(2)9-18-12-24-23(25-13-18)19-6-4-5-17(10-19)11-21-22(30)7-8-29(27-21)20-14-26-28(3)15-20/h4-8,10,12-16H,9,11H2,1-3H3. The van der Waals surface area contributed by atoms with Gasteiger partial charge in [0.05, 0.1) is 12.4 Å². The van der Waals surface area contributed by atoms with Gasteiger partial charge in [0.2, 0.25) is 5.43 Å². The van der Waals surface area contributed by atoms with Crippen molar-refractivity contribution in [1.29, 1.82) is 0 Å². The van der Waals surface area contributed by atoms with Crippen LogP contribution < -0.4 is 5.43 Å². The van der Waals surface area contributed by atoms with E-state index in [1.165, 1.54) is 6.07 Å². The largest absolute Gasteiger partial charge is 0.288 e. The minimum atomic E-state index is -0.0881. The SMILES string of the molecule is CC(C)Cc1cnc(-c2cccc(Cc3nn(-c4cnn(C)c4)ccc3=O)c2)nc1. The molecular weight excluding hydrogens is 376 g/mol. The van der Waals surface area contributed by atoms with Crippen LogP contribution in [0, 0.1) is 5.92 Å². The maximum Gasteiger partial charge on any atom is 0.203 e. The Hall–Kier alpha value is -3.61. The maximum atomic E-state index is 12.4. The van der Waals surface area contributed by atoms with Crippen molar-refractivity contribution in [3.8, 4) is 17.1 Å². The Morgan fingerprint density at radius 3 is 2.53 bits per heavy atom. The van der Waals surface area contributed by atoms with E-state index in [2.05, 4.69) is 34.0 Å². The second-order valence-corrected chi connectivity index (χ2v) is 7.83. The Morgan fingerprint density at radius 2 is 1.83 bits per heavy atom. The van der Waals surface area contributed by atoms with Gasteiger partial charge in [0, 0.05) is 43.7 Å². The molecule has 0 unspecified atom stereocenters. The first-order valence-corrected chi connectivity index (χ1v) is 9.96. The first-order valence-electron chi connectivity index (χ1n) is 9.96. The quantitative estimate of drug-likeness (QED) is 0.497. The smallest absolute Gasteiger partial charge is 0.203 e. The van der Waals surface area contributed by atoms with Gasteiger partial charge in [-0.25, -0.2) is 14.6 Å². The predicted molar refractivity (Wildman–Crippen MR) is 115 cm³/mol. The van der Waals surface area contributed by atoms with Crippen LogP contribution in [-0.4, -0.2) is 29.5 Å². The molecule has 0 aliphatic rings. The van der Waals surface area contributed by atoms with Crippen LogP contribution >= 0.6 is 0 Å². The Bertz CT molecular complexity index is 1210. The van der Waals surface area contributed by atoms with Crippen LogP contribution in [-0.2, 0) is 19.9 Å². The van der Waals surface area contributed by atoms with E-state index in [0.29, 0.717) is 23.9 Å². The van der Waals surface area contributed by atoms with Gasteiger partial charge in [0.1, 0.15) is 11.4 Å². The van der Waals surface area contributed by atoms with Crippen molar-refractivity contribution >= 4 is 0 Å². The van der Waals surface area contributed by atoms with Gasteiger partial charge in [-0.2, -0.15) is 10.2 Å². The van der Waals surface area contributed by atoms with E-state index in [9.17, 15) is 4.79 Å². The Morgan fingerprint density at radius 1 is 1.03 bits per heavy atom. The van der Waals surface area contributed by atoms with Crippen molar-refractivity contribution in [3.05, 3.63) is 88.4 Å². The van der Waals surface area contributed by atoms with E-state index in [1.54, 1.807) is 21.8 Å². The summed E-state index contributed by atoms with van der Waals surface area (Å²) in [6.07, 6.45) is 10.4. The number of aromatic nitrogens is 6. The van der Waals surface area contributed by atoms with Crippen LogP contribution in [0.15, 0.2) is 66.1 Å². The molecule has 0 aliphatic carbocycles. The lowest BCUT2D eigenvalue weighted by atomic mass is 10.0. The fourth-order valence-electron chi connectivity index (χ4n) is 3.33. The molecule has 0 atom stereocenters. The first kappa shape index (κ1) is 19.7. The lowest BCUT2D eigenvalue weighted by Crippen LogP contribution is -2.16. The molecule has 4 aromatic rings. The maximum absolute atomic E-state index is 12.4. The van der Waals surface area contributed by atoms with Crippen molar-refractivity contribution in [1.82, 2.24) is 29.5 Å². The zero-order valence-electron chi connectivity index (χ0n) is 17.4. The van der Waals surface area contributed by atoms with Crippen molar-refractivity contribution in [2.45, 2.75) is 26.7 Å². The Balaban J connectivity index is 1.58. The number of benzene rings is 1. The molecule has 3 aromatic heterocycles. The van der Waals surface area contributed by atoms with Gasteiger partial charge in [-0.1, -0.05) is 32.0 Å². The normalized spacial score (nSPS) is 11.2. The predicted octanol–water partition coefficient (Wildman–Crippen LogP) is 3.21. The highest BCUT2D eigenvalue weighted by Gasteiger charge is 2.09. The molecule has 3 heterocycles. The third-order valence-corrected chi connectivity index (χ3v) is 4.74. The number of hydrogen-bond acceptors (Lipinski definition) is 5. The van der Waals surface area contributed by atoms with Crippen LogP contribution in [0.25, 0.3) is 17.1 Å². The van der Waals surface area contributed by atoms with E-state index in [-0.39, 0.29) is 5.43 Å². The van der Waals surface area contributed by atoms with Crippen LogP contribution in [0.3, 0.4) is 0 Å². The van der Waals surface area contributed by atoms with Gasteiger partial charge in [-0.15, -0.1) is 0 Å². The molecule has 4 rings (SSSR count). The molecule has 0 radical (unpaired) electrons. The molecular formula is C23H24N6O. The number of nitrogens with zero attached hydrogens (tertiary/aromatic N) is 6. The lowest BCUT2D eigenvalue weighted by molar-refractivity contribution is 0.644. The van der Waals surface area contributed by atoms with Crippen molar-refractivity contribution in [3.63, 3.8) is 0 Å². The second kappa shape index (κ2) is 8.41. The zero-order chi connectivity index (χ0) is 21.1. The minimum absolute atomic E-state index is 0.0881. The summed E-state index contributed by atoms with van der Waals surface area (Å²) in [7, 11) is 1.84. The van der Waals surface area contributed by atoms with E-state index >= 15 is 0 Å². The summed E-state index contributed by atoms with van der Waals surface area (Å²) in [6.45, 7) is 4.36. The van der Waals surface area contributed by atoms with Gasteiger partial charge in [0.15, 0.2) is 5.82 Å². The molecule has 0 bridgehead atoms. The topological polar surface area (TPSA) is 78.5 Å². The molecule has 0 fully saturated rings. The second-order valence-electron chi connectivity index (χ2n) is 7.83. The van der Waals surface area contributed by atoms with Gasteiger partial charge < -0.3 is 0 Å². The molecule has 0 saturated carbocycles. The molecule has 30 heavy (non-hydrogen) atoms. The monoisotopic (exact) mass is 400 g/mol. The zero-order valence-corrected chi connectivity index (χ0v) is 17.4. The molecule has 7 nitrogen and oxygen atoms in total. The third kappa shape index (κ3) is 4.51. The van der Waals surface area contributed by atoms with Crippen LogP contribution in [0.4, 0.5) is 0 Å². The number of aryl methyl sites for hydroxylation is 1. The summed E-state index contributed by atoms with van der Waals surface area (Å²) < 4.78 is 3.37. The summed E-state index contributed by atoms with van der Waals surface area (Å²) in [4.78, 5) is 21.4. The Kier molecular flexibility index (Phi) is 5.52. The lowest BCUT2D eigenvalue weighted by Gasteiger charge is -2.08. The highest BCUT2D eigenvalue weighted by Crippen LogP contribution is 2.18. The molecule has 0 N–H and O–H groups in total. The third-order valence-electron chi connectivity index (χ3n) is 4.74. The summed E-state index contributed by atoms with van der Waals surface area (Å²) >= 11 is 0.